The second-order valence-corrected chi connectivity index (χ2v) is 5.05. The van der Waals surface area contributed by atoms with Crippen LogP contribution >= 0.6 is 15.9 Å². The predicted octanol–water partition coefficient (Wildman–Crippen LogP) is 3.89. The SMILES string of the molecule is Nc1noc(-c2cc(Br)ccc2F)c1-c1cccnc1. The Labute approximate surface area is 122 Å². The molecule has 0 bridgehead atoms. The molecule has 3 rings (SSSR count). The van der Waals surface area contributed by atoms with Crippen molar-refractivity contribution in [3.8, 4) is 22.5 Å². The second kappa shape index (κ2) is 5.05. The Hall–Kier alpha value is -2.21. The van der Waals surface area contributed by atoms with Gasteiger partial charge in [0.15, 0.2) is 11.6 Å². The first kappa shape index (κ1) is 12.8. The van der Waals surface area contributed by atoms with E-state index in [1.165, 1.54) is 6.07 Å². The van der Waals surface area contributed by atoms with Gasteiger partial charge < -0.3 is 10.3 Å². The van der Waals surface area contributed by atoms with Gasteiger partial charge in [-0.25, -0.2) is 4.39 Å². The molecule has 0 aliphatic heterocycles. The number of rotatable bonds is 2. The topological polar surface area (TPSA) is 64.9 Å². The number of nitrogens with zero attached hydrogens (tertiary/aromatic N) is 2. The minimum atomic E-state index is -0.408. The Morgan fingerprint density at radius 1 is 1.25 bits per heavy atom. The van der Waals surface area contributed by atoms with Gasteiger partial charge in [0.1, 0.15) is 5.82 Å². The normalized spacial score (nSPS) is 10.7. The molecule has 0 aliphatic rings. The molecule has 0 aliphatic carbocycles. The van der Waals surface area contributed by atoms with Crippen molar-refractivity contribution in [2.75, 3.05) is 5.73 Å². The van der Waals surface area contributed by atoms with Gasteiger partial charge in [-0.15, -0.1) is 0 Å². The Bertz CT molecular complexity index is 758. The molecule has 3 aromatic rings. The summed E-state index contributed by atoms with van der Waals surface area (Å²) in [5.41, 5.74) is 7.39. The summed E-state index contributed by atoms with van der Waals surface area (Å²) in [6.45, 7) is 0. The van der Waals surface area contributed by atoms with Crippen molar-refractivity contribution in [3.63, 3.8) is 0 Å². The maximum Gasteiger partial charge on any atom is 0.179 e. The monoisotopic (exact) mass is 333 g/mol. The molecular weight excluding hydrogens is 325 g/mol. The molecule has 6 heteroatoms. The maximum atomic E-state index is 14.0. The molecule has 0 amide bonds. The van der Waals surface area contributed by atoms with E-state index in [1.54, 1.807) is 30.6 Å². The summed E-state index contributed by atoms with van der Waals surface area (Å²) in [5.74, 6) is 0.0798. The molecule has 0 saturated heterocycles. The number of aromatic nitrogens is 2. The highest BCUT2D eigenvalue weighted by Crippen LogP contribution is 2.38. The molecule has 0 saturated carbocycles. The average Bonchev–Trinajstić information content (AvgIpc) is 2.84. The molecule has 2 N–H and O–H groups in total. The first-order chi connectivity index (χ1) is 9.66. The van der Waals surface area contributed by atoms with Gasteiger partial charge in [-0.3, -0.25) is 4.98 Å². The van der Waals surface area contributed by atoms with Gasteiger partial charge in [0, 0.05) is 22.4 Å². The fraction of sp³-hybridized carbons (Fsp3) is 0. The summed E-state index contributed by atoms with van der Waals surface area (Å²) in [6, 6.07) is 8.17. The number of hydrogen-bond donors (Lipinski definition) is 1. The lowest BCUT2D eigenvalue weighted by atomic mass is 10.0. The van der Waals surface area contributed by atoms with Crippen molar-refractivity contribution >= 4 is 21.7 Å². The van der Waals surface area contributed by atoms with E-state index in [0.29, 0.717) is 11.1 Å². The third-order valence-electron chi connectivity index (χ3n) is 2.84. The summed E-state index contributed by atoms with van der Waals surface area (Å²) >= 11 is 3.31. The number of halogens is 2. The van der Waals surface area contributed by atoms with Gasteiger partial charge in [0.05, 0.1) is 11.1 Å². The van der Waals surface area contributed by atoms with Crippen molar-refractivity contribution in [1.29, 1.82) is 0 Å². The van der Waals surface area contributed by atoms with Crippen molar-refractivity contribution < 1.29 is 8.91 Å². The van der Waals surface area contributed by atoms with Gasteiger partial charge in [-0.05, 0) is 24.3 Å². The van der Waals surface area contributed by atoms with Crippen LogP contribution in [0, 0.1) is 5.82 Å². The standard InChI is InChI=1S/C14H9BrFN3O/c15-9-3-4-11(16)10(6-9)13-12(14(17)19-20-13)8-2-1-5-18-7-8/h1-7H,(H2,17,19). The summed E-state index contributed by atoms with van der Waals surface area (Å²) in [5, 5.41) is 3.73. The molecule has 1 aromatic carbocycles. The molecule has 20 heavy (non-hydrogen) atoms. The van der Waals surface area contributed by atoms with Crippen LogP contribution in [0.4, 0.5) is 10.2 Å². The molecule has 100 valence electrons. The van der Waals surface area contributed by atoms with Crippen LogP contribution in [0.15, 0.2) is 51.7 Å². The molecule has 2 aromatic heterocycles. The zero-order chi connectivity index (χ0) is 14.1. The number of pyridine rings is 1. The van der Waals surface area contributed by atoms with E-state index in [1.807, 2.05) is 6.07 Å². The lowest BCUT2D eigenvalue weighted by Crippen LogP contribution is -1.90. The number of benzene rings is 1. The lowest BCUT2D eigenvalue weighted by Gasteiger charge is -2.04. The van der Waals surface area contributed by atoms with Crippen LogP contribution in [0.5, 0.6) is 0 Å². The third kappa shape index (κ3) is 2.18. The average molecular weight is 334 g/mol. The van der Waals surface area contributed by atoms with Crippen LogP contribution in [-0.4, -0.2) is 10.1 Å². The van der Waals surface area contributed by atoms with Crippen LogP contribution in [0.25, 0.3) is 22.5 Å². The highest BCUT2D eigenvalue weighted by Gasteiger charge is 2.20. The summed E-state index contributed by atoms with van der Waals surface area (Å²) in [6.07, 6.45) is 3.27. The quantitative estimate of drug-likeness (QED) is 0.772. The number of nitrogens with two attached hydrogens (primary N) is 1. The van der Waals surface area contributed by atoms with E-state index < -0.39 is 5.82 Å². The van der Waals surface area contributed by atoms with E-state index in [9.17, 15) is 4.39 Å². The Balaban J connectivity index is 2.24. The second-order valence-electron chi connectivity index (χ2n) is 4.14. The molecule has 0 fully saturated rings. The minimum absolute atomic E-state index is 0.201. The van der Waals surface area contributed by atoms with Crippen molar-refractivity contribution in [2.45, 2.75) is 0 Å². The van der Waals surface area contributed by atoms with Gasteiger partial charge >= 0.3 is 0 Å². The van der Waals surface area contributed by atoms with E-state index in [2.05, 4.69) is 26.1 Å². The Morgan fingerprint density at radius 2 is 2.10 bits per heavy atom. The first-order valence-electron chi connectivity index (χ1n) is 5.78. The zero-order valence-electron chi connectivity index (χ0n) is 10.2. The van der Waals surface area contributed by atoms with E-state index in [0.717, 1.165) is 10.0 Å². The van der Waals surface area contributed by atoms with E-state index in [4.69, 9.17) is 10.3 Å². The summed E-state index contributed by atoms with van der Waals surface area (Å²) < 4.78 is 19.9. The first-order valence-corrected chi connectivity index (χ1v) is 6.57. The Morgan fingerprint density at radius 3 is 2.85 bits per heavy atom. The number of anilines is 1. The highest BCUT2D eigenvalue weighted by atomic mass is 79.9. The summed E-state index contributed by atoms with van der Waals surface area (Å²) in [7, 11) is 0. The maximum absolute atomic E-state index is 14.0. The highest BCUT2D eigenvalue weighted by molar-refractivity contribution is 9.10. The molecule has 0 unspecified atom stereocenters. The van der Waals surface area contributed by atoms with Gasteiger partial charge in [-0.2, -0.15) is 0 Å². The van der Waals surface area contributed by atoms with Gasteiger partial charge in [-0.1, -0.05) is 27.2 Å². The molecule has 0 atom stereocenters. The Kier molecular flexibility index (Phi) is 3.23. The van der Waals surface area contributed by atoms with Gasteiger partial charge in [0.25, 0.3) is 0 Å². The minimum Gasteiger partial charge on any atom is -0.380 e. The van der Waals surface area contributed by atoms with Crippen molar-refractivity contribution in [3.05, 3.63) is 53.0 Å². The molecule has 0 spiro atoms. The lowest BCUT2D eigenvalue weighted by molar-refractivity contribution is 0.433. The van der Waals surface area contributed by atoms with Crippen LogP contribution in [0.2, 0.25) is 0 Å². The fourth-order valence-electron chi connectivity index (χ4n) is 1.95. The van der Waals surface area contributed by atoms with Crippen LogP contribution in [0.1, 0.15) is 0 Å². The fourth-order valence-corrected chi connectivity index (χ4v) is 2.31. The van der Waals surface area contributed by atoms with Gasteiger partial charge in [0.2, 0.25) is 0 Å². The smallest absolute Gasteiger partial charge is 0.179 e. The molecule has 0 radical (unpaired) electrons. The number of hydrogen-bond acceptors (Lipinski definition) is 4. The molecule has 2 heterocycles. The molecular formula is C14H9BrFN3O. The third-order valence-corrected chi connectivity index (χ3v) is 3.33. The zero-order valence-corrected chi connectivity index (χ0v) is 11.8. The van der Waals surface area contributed by atoms with Crippen LogP contribution < -0.4 is 5.73 Å². The number of nitrogen functional groups attached to an aromatic ring is 1. The molecule has 4 nitrogen and oxygen atoms in total. The van der Waals surface area contributed by atoms with E-state index in [-0.39, 0.29) is 11.6 Å². The van der Waals surface area contributed by atoms with Crippen LogP contribution in [-0.2, 0) is 0 Å². The van der Waals surface area contributed by atoms with E-state index >= 15 is 0 Å². The summed E-state index contributed by atoms with van der Waals surface area (Å²) in [4.78, 5) is 4.03. The predicted molar refractivity (Wildman–Crippen MR) is 77.2 cm³/mol. The van der Waals surface area contributed by atoms with Crippen molar-refractivity contribution in [1.82, 2.24) is 10.1 Å². The van der Waals surface area contributed by atoms with Crippen molar-refractivity contribution in [2.24, 2.45) is 0 Å². The van der Waals surface area contributed by atoms with Crippen LogP contribution in [0.3, 0.4) is 0 Å². The largest absolute Gasteiger partial charge is 0.380 e.